The molecule has 8 heteroatoms. The van der Waals surface area contributed by atoms with Crippen LogP contribution in [0, 0.1) is 40.4 Å². The number of hydrogen-bond donors (Lipinski definition) is 1. The molecule has 5 fully saturated rings. The number of fused-ring (bicyclic) bond motifs is 5. The third-order valence-electron chi connectivity index (χ3n) is 13.7. The number of aromatic nitrogens is 2. The molecule has 8 rings (SSSR count). The second-order valence-corrected chi connectivity index (χ2v) is 16.4. The van der Waals surface area contributed by atoms with E-state index in [1.54, 1.807) is 5.57 Å². The SMILES string of the molecule is CC(=O)[C@H]1[C@H](C)C[C@H]2[C@@H]3CC[C@H]4CC(=O)C(N5CCNCC5c5cc(N6CCCC6)nc(N6CCCC6)n5)=C[C@]4(C)C3=CC[C@@]21C. The summed E-state index contributed by atoms with van der Waals surface area (Å²) in [5.41, 5.74) is 3.43. The van der Waals surface area contributed by atoms with E-state index in [2.05, 4.69) is 59.0 Å². The summed E-state index contributed by atoms with van der Waals surface area (Å²) in [7, 11) is 0. The number of Topliss-reactive ketones (excluding diaryl/α,β-unsaturated/α-hetero) is 2. The molecule has 3 saturated heterocycles. The minimum atomic E-state index is -0.131. The fourth-order valence-electron chi connectivity index (χ4n) is 11.5. The number of ketones is 2. The number of hydrogen-bond acceptors (Lipinski definition) is 8. The summed E-state index contributed by atoms with van der Waals surface area (Å²) < 4.78 is 0. The summed E-state index contributed by atoms with van der Waals surface area (Å²) in [4.78, 5) is 44.5. The van der Waals surface area contributed by atoms with Crippen LogP contribution in [0.15, 0.2) is 29.5 Å². The summed E-state index contributed by atoms with van der Waals surface area (Å²) in [5.74, 6) is 4.57. The molecule has 0 spiro atoms. The van der Waals surface area contributed by atoms with E-state index in [0.717, 1.165) is 94.7 Å². The van der Waals surface area contributed by atoms with Crippen LogP contribution in [0.25, 0.3) is 0 Å². The van der Waals surface area contributed by atoms with Crippen molar-refractivity contribution < 1.29 is 9.59 Å². The molecule has 2 saturated carbocycles. The second kappa shape index (κ2) is 11.5. The van der Waals surface area contributed by atoms with Crippen molar-refractivity contribution in [3.05, 3.63) is 35.2 Å². The Kier molecular flexibility index (Phi) is 7.61. The Hall–Kier alpha value is -2.74. The highest BCUT2D eigenvalue weighted by Crippen LogP contribution is 2.66. The molecule has 1 aromatic heterocycles. The van der Waals surface area contributed by atoms with E-state index in [1.807, 2.05) is 6.92 Å². The predicted octanol–water partition coefficient (Wildman–Crippen LogP) is 5.71. The van der Waals surface area contributed by atoms with Gasteiger partial charge in [0.15, 0.2) is 5.78 Å². The second-order valence-electron chi connectivity index (χ2n) is 16.4. The quantitative estimate of drug-likeness (QED) is 0.417. The van der Waals surface area contributed by atoms with Crippen LogP contribution in [-0.2, 0) is 9.59 Å². The van der Waals surface area contributed by atoms with E-state index in [1.165, 1.54) is 25.7 Å². The number of nitrogens with zero attached hydrogens (tertiary/aromatic N) is 5. The average molecular weight is 627 g/mol. The summed E-state index contributed by atoms with van der Waals surface area (Å²) >= 11 is 0. The van der Waals surface area contributed by atoms with Crippen molar-refractivity contribution in [3.8, 4) is 0 Å². The van der Waals surface area contributed by atoms with E-state index in [0.29, 0.717) is 41.7 Å². The van der Waals surface area contributed by atoms with Crippen LogP contribution in [-0.4, -0.2) is 72.2 Å². The molecular formula is C38H54N6O2. The van der Waals surface area contributed by atoms with Gasteiger partial charge in [0.1, 0.15) is 11.6 Å². The Morgan fingerprint density at radius 1 is 1.00 bits per heavy atom. The molecule has 248 valence electrons. The highest BCUT2D eigenvalue weighted by molar-refractivity contribution is 5.96. The molecule has 0 radical (unpaired) electrons. The van der Waals surface area contributed by atoms with Crippen molar-refractivity contribution in [1.29, 1.82) is 0 Å². The molecule has 46 heavy (non-hydrogen) atoms. The molecule has 8 atom stereocenters. The van der Waals surface area contributed by atoms with Crippen molar-refractivity contribution in [2.24, 2.45) is 40.4 Å². The number of nitrogens with one attached hydrogen (secondary N) is 1. The van der Waals surface area contributed by atoms with Crippen LogP contribution in [0.4, 0.5) is 11.8 Å². The van der Waals surface area contributed by atoms with Gasteiger partial charge in [0.25, 0.3) is 0 Å². The molecule has 0 bridgehead atoms. The standard InChI is InChI=1S/C38H54N6O2/c1-24-19-29-27-10-9-26-20-33(46)31(22-38(26,4)28(27)11-12-37(29,3)35(24)25(2)45)44-18-13-39-23-32(44)30-21-34(42-14-5-6-15-42)41-36(40-30)43-16-7-8-17-43/h11,21-22,24,26-27,29,32,35,39H,5-10,12-20,23H2,1-4H3/t24-,26+,27-,29+,32?,35-,37+,38+/m1/s1. The number of allylic oxidation sites excluding steroid dienone is 4. The topological polar surface area (TPSA) is 81.7 Å². The maximum atomic E-state index is 14.1. The van der Waals surface area contributed by atoms with Gasteiger partial charge in [-0.05, 0) is 93.5 Å². The number of carbonyl (C=O) groups excluding carboxylic acids is 2. The molecule has 1 unspecified atom stereocenters. The van der Waals surface area contributed by atoms with Gasteiger partial charge >= 0.3 is 0 Å². The zero-order chi connectivity index (χ0) is 31.8. The van der Waals surface area contributed by atoms with Gasteiger partial charge in [-0.1, -0.05) is 32.4 Å². The van der Waals surface area contributed by atoms with Crippen molar-refractivity contribution in [2.45, 2.75) is 91.5 Å². The Balaban J connectivity index is 1.16. The zero-order valence-electron chi connectivity index (χ0n) is 28.6. The van der Waals surface area contributed by atoms with E-state index in [4.69, 9.17) is 9.97 Å². The van der Waals surface area contributed by atoms with Gasteiger partial charge in [0.05, 0.1) is 17.4 Å². The van der Waals surface area contributed by atoms with Crippen molar-refractivity contribution >= 4 is 23.3 Å². The highest BCUT2D eigenvalue weighted by atomic mass is 16.1. The molecule has 7 aliphatic rings. The van der Waals surface area contributed by atoms with E-state index in [-0.39, 0.29) is 22.8 Å². The summed E-state index contributed by atoms with van der Waals surface area (Å²) in [6.07, 6.45) is 14.7. The lowest BCUT2D eigenvalue weighted by Crippen LogP contribution is -2.51. The molecule has 1 aromatic rings. The average Bonchev–Trinajstić information content (AvgIpc) is 3.82. The Morgan fingerprint density at radius 3 is 2.48 bits per heavy atom. The van der Waals surface area contributed by atoms with Crippen LogP contribution < -0.4 is 15.1 Å². The number of anilines is 2. The van der Waals surface area contributed by atoms with Crippen LogP contribution in [0.1, 0.15) is 97.2 Å². The van der Waals surface area contributed by atoms with Crippen molar-refractivity contribution in [1.82, 2.24) is 20.2 Å². The lowest BCUT2D eigenvalue weighted by atomic mass is 9.49. The molecule has 1 N–H and O–H groups in total. The van der Waals surface area contributed by atoms with Crippen molar-refractivity contribution in [3.63, 3.8) is 0 Å². The van der Waals surface area contributed by atoms with Crippen LogP contribution >= 0.6 is 0 Å². The van der Waals surface area contributed by atoms with E-state index >= 15 is 0 Å². The smallest absolute Gasteiger partial charge is 0.227 e. The predicted molar refractivity (Wildman–Crippen MR) is 182 cm³/mol. The highest BCUT2D eigenvalue weighted by Gasteiger charge is 2.60. The van der Waals surface area contributed by atoms with E-state index < -0.39 is 0 Å². The van der Waals surface area contributed by atoms with Gasteiger partial charge in [0, 0.05) is 69.6 Å². The van der Waals surface area contributed by atoms with Gasteiger partial charge in [-0.2, -0.15) is 4.98 Å². The maximum Gasteiger partial charge on any atom is 0.227 e. The normalized spacial score (nSPS) is 39.1. The van der Waals surface area contributed by atoms with Gasteiger partial charge in [-0.15, -0.1) is 0 Å². The minimum absolute atomic E-state index is 0.00942. The van der Waals surface area contributed by atoms with Crippen molar-refractivity contribution in [2.75, 3.05) is 55.6 Å². The molecule has 4 aliphatic carbocycles. The first-order valence-corrected chi connectivity index (χ1v) is 18.5. The van der Waals surface area contributed by atoms with Crippen LogP contribution in [0.2, 0.25) is 0 Å². The first-order valence-electron chi connectivity index (χ1n) is 18.5. The van der Waals surface area contributed by atoms with E-state index in [9.17, 15) is 9.59 Å². The van der Waals surface area contributed by atoms with Gasteiger partial charge in [0.2, 0.25) is 5.95 Å². The minimum Gasteiger partial charge on any atom is -0.358 e. The number of rotatable bonds is 5. The van der Waals surface area contributed by atoms with Gasteiger partial charge < -0.3 is 20.0 Å². The summed E-state index contributed by atoms with van der Waals surface area (Å²) in [6, 6.07) is 2.21. The molecule has 8 nitrogen and oxygen atoms in total. The largest absolute Gasteiger partial charge is 0.358 e. The Labute approximate surface area is 275 Å². The third kappa shape index (κ3) is 4.78. The monoisotopic (exact) mass is 626 g/mol. The Bertz CT molecular complexity index is 1420. The first-order chi connectivity index (χ1) is 22.2. The summed E-state index contributed by atoms with van der Waals surface area (Å²) in [5, 5.41) is 3.65. The summed E-state index contributed by atoms with van der Waals surface area (Å²) in [6.45, 7) is 15.5. The fourth-order valence-corrected chi connectivity index (χ4v) is 11.5. The molecular weight excluding hydrogens is 572 g/mol. The van der Waals surface area contributed by atoms with Gasteiger partial charge in [-0.25, -0.2) is 4.98 Å². The molecule has 0 aromatic carbocycles. The molecule has 4 heterocycles. The molecule has 0 amide bonds. The number of piperazine rings is 1. The fraction of sp³-hybridized carbons (Fsp3) is 0.737. The molecule has 3 aliphatic heterocycles. The third-order valence-corrected chi connectivity index (χ3v) is 13.7. The zero-order valence-corrected chi connectivity index (χ0v) is 28.6. The Morgan fingerprint density at radius 2 is 1.74 bits per heavy atom. The van der Waals surface area contributed by atoms with Crippen LogP contribution in [0.5, 0.6) is 0 Å². The van der Waals surface area contributed by atoms with Gasteiger partial charge in [-0.3, -0.25) is 9.59 Å². The number of carbonyl (C=O) groups is 2. The first kappa shape index (κ1) is 30.6. The van der Waals surface area contributed by atoms with Crippen LogP contribution in [0.3, 0.4) is 0 Å². The lowest BCUT2D eigenvalue weighted by Gasteiger charge is -2.55. The lowest BCUT2D eigenvalue weighted by molar-refractivity contribution is -0.126. The maximum absolute atomic E-state index is 14.1.